The summed E-state index contributed by atoms with van der Waals surface area (Å²) < 4.78 is 5.42. The Hall–Kier alpha value is -0.120. The first-order chi connectivity index (χ1) is 8.11. The zero-order valence-electron chi connectivity index (χ0n) is 12.5. The molecule has 0 bridgehead atoms. The first-order valence-corrected chi connectivity index (χ1v) is 7.07. The minimum atomic E-state index is 0.0132. The fraction of sp³-hybridized carbons (Fsp3) is 1.00. The van der Waals surface area contributed by atoms with Crippen molar-refractivity contribution in [2.45, 2.75) is 65.0 Å². The van der Waals surface area contributed by atoms with Gasteiger partial charge in [0, 0.05) is 19.7 Å². The zero-order chi connectivity index (χ0) is 13.3. The monoisotopic (exact) mass is 244 g/mol. The first-order valence-electron chi connectivity index (χ1n) is 7.07. The topological polar surface area (TPSA) is 38.5 Å². The quantitative estimate of drug-likeness (QED) is 0.642. The highest BCUT2D eigenvalue weighted by molar-refractivity contribution is 4.93. The van der Waals surface area contributed by atoms with Crippen LogP contribution in [0.3, 0.4) is 0 Å². The van der Waals surface area contributed by atoms with E-state index in [1.165, 1.54) is 12.8 Å². The molecule has 0 saturated heterocycles. The zero-order valence-corrected chi connectivity index (χ0v) is 12.5. The van der Waals surface area contributed by atoms with Crippen molar-refractivity contribution in [3.8, 4) is 0 Å². The van der Waals surface area contributed by atoms with Crippen LogP contribution in [0.5, 0.6) is 0 Å². The Morgan fingerprint density at radius 3 is 2.29 bits per heavy atom. The summed E-state index contributed by atoms with van der Waals surface area (Å²) in [6.07, 6.45) is 4.67. The molecule has 2 unspecified atom stereocenters. The minimum Gasteiger partial charge on any atom is -0.383 e. The van der Waals surface area contributed by atoms with Crippen molar-refractivity contribution in [3.63, 3.8) is 0 Å². The molecule has 0 aliphatic carbocycles. The predicted molar refractivity (Wildman–Crippen MR) is 75.3 cm³/mol. The summed E-state index contributed by atoms with van der Waals surface area (Å²) in [6, 6.07) is 0.570. The van der Waals surface area contributed by atoms with E-state index in [4.69, 9.17) is 10.5 Å². The van der Waals surface area contributed by atoms with Crippen LogP contribution in [0, 0.1) is 0 Å². The molecule has 0 fully saturated rings. The van der Waals surface area contributed by atoms with E-state index in [1.807, 2.05) is 0 Å². The molecule has 0 spiro atoms. The van der Waals surface area contributed by atoms with Crippen LogP contribution < -0.4 is 5.73 Å². The van der Waals surface area contributed by atoms with Crippen molar-refractivity contribution in [2.24, 2.45) is 5.73 Å². The fourth-order valence-electron chi connectivity index (χ4n) is 2.45. The fourth-order valence-corrected chi connectivity index (χ4v) is 2.45. The molecule has 0 aliphatic heterocycles. The predicted octanol–water partition coefficient (Wildman–Crippen LogP) is 2.64. The van der Waals surface area contributed by atoms with E-state index < -0.39 is 0 Å². The van der Waals surface area contributed by atoms with E-state index >= 15 is 0 Å². The highest BCUT2D eigenvalue weighted by Gasteiger charge is 2.35. The minimum absolute atomic E-state index is 0.0132. The lowest BCUT2D eigenvalue weighted by atomic mass is 9.92. The van der Waals surface area contributed by atoms with Crippen molar-refractivity contribution in [1.82, 2.24) is 4.90 Å². The smallest absolute Gasteiger partial charge is 0.0659 e. The van der Waals surface area contributed by atoms with Crippen LogP contribution in [0.15, 0.2) is 0 Å². The van der Waals surface area contributed by atoms with E-state index in [-0.39, 0.29) is 5.54 Å². The van der Waals surface area contributed by atoms with Gasteiger partial charge < -0.3 is 10.5 Å². The Balaban J connectivity index is 4.90. The van der Waals surface area contributed by atoms with Crippen molar-refractivity contribution in [1.29, 1.82) is 0 Å². The standard InChI is InChI=1S/C14H32N2O/c1-6-9-10-16(13(4)7-2)14(8-3,11-15)12-17-5/h13H,6-12,15H2,1-5H3. The van der Waals surface area contributed by atoms with Gasteiger partial charge in [0.15, 0.2) is 0 Å². The van der Waals surface area contributed by atoms with Crippen LogP contribution in [0.4, 0.5) is 0 Å². The molecule has 0 amide bonds. The average molecular weight is 244 g/mol. The molecule has 0 aromatic rings. The lowest BCUT2D eigenvalue weighted by molar-refractivity contribution is -0.0128. The third kappa shape index (κ3) is 4.57. The number of nitrogens with two attached hydrogens (primary N) is 1. The molecule has 0 radical (unpaired) electrons. The van der Waals surface area contributed by atoms with Crippen molar-refractivity contribution >= 4 is 0 Å². The van der Waals surface area contributed by atoms with Gasteiger partial charge in [0.05, 0.1) is 12.1 Å². The molecule has 0 aromatic heterocycles. The number of hydrogen-bond acceptors (Lipinski definition) is 3. The molecular formula is C14H32N2O. The second-order valence-electron chi connectivity index (χ2n) is 5.02. The Morgan fingerprint density at radius 1 is 1.29 bits per heavy atom. The van der Waals surface area contributed by atoms with E-state index in [0.717, 1.165) is 26.0 Å². The summed E-state index contributed by atoms with van der Waals surface area (Å²) in [6.45, 7) is 11.5. The van der Waals surface area contributed by atoms with E-state index in [1.54, 1.807) is 7.11 Å². The van der Waals surface area contributed by atoms with Gasteiger partial charge in [-0.25, -0.2) is 0 Å². The van der Waals surface area contributed by atoms with Crippen LogP contribution >= 0.6 is 0 Å². The maximum absolute atomic E-state index is 6.05. The van der Waals surface area contributed by atoms with E-state index in [2.05, 4.69) is 32.6 Å². The van der Waals surface area contributed by atoms with Crippen molar-refractivity contribution < 1.29 is 4.74 Å². The maximum Gasteiger partial charge on any atom is 0.0659 e. The van der Waals surface area contributed by atoms with Gasteiger partial charge in [-0.05, 0) is 32.7 Å². The highest BCUT2D eigenvalue weighted by atomic mass is 16.5. The number of rotatable bonds is 10. The number of methoxy groups -OCH3 is 1. The molecule has 3 heteroatoms. The maximum atomic E-state index is 6.05. The summed E-state index contributed by atoms with van der Waals surface area (Å²) >= 11 is 0. The first kappa shape index (κ1) is 16.9. The van der Waals surface area contributed by atoms with Crippen molar-refractivity contribution in [2.75, 3.05) is 26.8 Å². The summed E-state index contributed by atoms with van der Waals surface area (Å²) in [7, 11) is 1.77. The number of ether oxygens (including phenoxy) is 1. The third-order valence-electron chi connectivity index (χ3n) is 3.94. The summed E-state index contributed by atoms with van der Waals surface area (Å²) in [5.74, 6) is 0. The SMILES string of the molecule is CCCCN(C(C)CC)C(CC)(CN)COC. The molecule has 2 atom stereocenters. The molecule has 0 aliphatic rings. The third-order valence-corrected chi connectivity index (χ3v) is 3.94. The van der Waals surface area contributed by atoms with Gasteiger partial charge in [-0.2, -0.15) is 0 Å². The van der Waals surface area contributed by atoms with Gasteiger partial charge in [-0.3, -0.25) is 4.90 Å². The average Bonchev–Trinajstić information content (AvgIpc) is 2.37. The van der Waals surface area contributed by atoms with Gasteiger partial charge in [0.2, 0.25) is 0 Å². The Morgan fingerprint density at radius 2 is 1.94 bits per heavy atom. The normalized spacial score (nSPS) is 17.1. The van der Waals surface area contributed by atoms with E-state index in [0.29, 0.717) is 12.6 Å². The molecule has 3 nitrogen and oxygen atoms in total. The summed E-state index contributed by atoms with van der Waals surface area (Å²) in [5, 5.41) is 0. The van der Waals surface area contributed by atoms with Crippen LogP contribution in [0.1, 0.15) is 53.4 Å². The highest BCUT2D eigenvalue weighted by Crippen LogP contribution is 2.24. The number of hydrogen-bond donors (Lipinski definition) is 1. The number of unbranched alkanes of at least 4 members (excludes halogenated alkanes) is 1. The Labute approximate surface area is 108 Å². The van der Waals surface area contributed by atoms with Crippen LogP contribution in [-0.4, -0.2) is 43.3 Å². The van der Waals surface area contributed by atoms with Gasteiger partial charge in [0.1, 0.15) is 0 Å². The Bertz CT molecular complexity index is 181. The van der Waals surface area contributed by atoms with Crippen LogP contribution in [0.2, 0.25) is 0 Å². The molecule has 104 valence electrons. The second-order valence-corrected chi connectivity index (χ2v) is 5.02. The van der Waals surface area contributed by atoms with Gasteiger partial charge >= 0.3 is 0 Å². The number of nitrogens with zero attached hydrogens (tertiary/aromatic N) is 1. The molecule has 0 heterocycles. The van der Waals surface area contributed by atoms with Gasteiger partial charge in [0.25, 0.3) is 0 Å². The lowest BCUT2D eigenvalue weighted by Crippen LogP contribution is -2.59. The summed E-state index contributed by atoms with van der Waals surface area (Å²) in [5.41, 5.74) is 6.06. The molecular weight excluding hydrogens is 212 g/mol. The van der Waals surface area contributed by atoms with E-state index in [9.17, 15) is 0 Å². The van der Waals surface area contributed by atoms with Gasteiger partial charge in [-0.1, -0.05) is 27.2 Å². The molecule has 0 saturated carbocycles. The molecule has 0 rings (SSSR count). The second kappa shape index (κ2) is 8.90. The molecule has 2 N–H and O–H groups in total. The Kier molecular flexibility index (Phi) is 8.83. The van der Waals surface area contributed by atoms with Crippen LogP contribution in [0.25, 0.3) is 0 Å². The largest absolute Gasteiger partial charge is 0.383 e. The van der Waals surface area contributed by atoms with Crippen LogP contribution in [-0.2, 0) is 4.74 Å². The summed E-state index contributed by atoms with van der Waals surface area (Å²) in [4.78, 5) is 2.57. The lowest BCUT2D eigenvalue weighted by Gasteiger charge is -2.46. The van der Waals surface area contributed by atoms with Crippen molar-refractivity contribution in [3.05, 3.63) is 0 Å². The van der Waals surface area contributed by atoms with Gasteiger partial charge in [-0.15, -0.1) is 0 Å². The molecule has 0 aromatic carbocycles. The molecule has 17 heavy (non-hydrogen) atoms.